The van der Waals surface area contributed by atoms with E-state index >= 15 is 0 Å². The molecule has 128 valence electrons. The standard InChI is InChI=1S/C20H29F2N/c1-5-15-23(6-2)18(16-7-13-20(4,22)14-8-16)19(3)11-9-17(21)10-12-19/h7-11,13,18H,5-6,12,14-15H2,1-4H3. The molecule has 0 saturated heterocycles. The summed E-state index contributed by atoms with van der Waals surface area (Å²) in [6.07, 6.45) is 13.0. The Labute approximate surface area is 139 Å². The average Bonchev–Trinajstić information content (AvgIpc) is 2.51. The normalized spacial score (nSPS) is 32.0. The Kier molecular flexibility index (Phi) is 5.61. The lowest BCUT2D eigenvalue weighted by molar-refractivity contribution is 0.139. The van der Waals surface area contributed by atoms with Crippen molar-refractivity contribution >= 4 is 0 Å². The predicted molar refractivity (Wildman–Crippen MR) is 93.7 cm³/mol. The van der Waals surface area contributed by atoms with Crippen LogP contribution in [0.5, 0.6) is 0 Å². The van der Waals surface area contributed by atoms with Crippen LogP contribution in [0.4, 0.5) is 8.78 Å². The molecule has 0 radical (unpaired) electrons. The van der Waals surface area contributed by atoms with Crippen molar-refractivity contribution in [3.8, 4) is 0 Å². The molecule has 0 aromatic rings. The molecule has 2 aliphatic rings. The molecule has 3 heteroatoms. The molecule has 0 aromatic carbocycles. The Balaban J connectivity index is 2.35. The van der Waals surface area contributed by atoms with E-state index in [-0.39, 0.29) is 17.3 Å². The zero-order valence-corrected chi connectivity index (χ0v) is 14.8. The summed E-state index contributed by atoms with van der Waals surface area (Å²) >= 11 is 0. The second-order valence-electron chi connectivity index (χ2n) is 7.18. The van der Waals surface area contributed by atoms with Crippen molar-refractivity contribution in [3.05, 3.63) is 47.9 Å². The van der Waals surface area contributed by atoms with E-state index < -0.39 is 5.67 Å². The van der Waals surface area contributed by atoms with E-state index in [1.54, 1.807) is 25.2 Å². The van der Waals surface area contributed by atoms with Crippen molar-refractivity contribution < 1.29 is 8.78 Å². The number of nitrogens with zero attached hydrogens (tertiary/aromatic N) is 1. The van der Waals surface area contributed by atoms with Gasteiger partial charge in [-0.1, -0.05) is 39.0 Å². The van der Waals surface area contributed by atoms with Gasteiger partial charge in [0.25, 0.3) is 0 Å². The maximum atomic E-state index is 14.1. The maximum Gasteiger partial charge on any atom is 0.130 e. The summed E-state index contributed by atoms with van der Waals surface area (Å²) in [4.78, 5) is 2.43. The third-order valence-corrected chi connectivity index (χ3v) is 4.94. The first kappa shape index (κ1) is 18.1. The van der Waals surface area contributed by atoms with E-state index in [1.807, 2.05) is 18.2 Å². The lowest BCUT2D eigenvalue weighted by atomic mass is 9.71. The lowest BCUT2D eigenvalue weighted by Crippen LogP contribution is -2.48. The summed E-state index contributed by atoms with van der Waals surface area (Å²) in [5.41, 5.74) is -0.287. The lowest BCUT2D eigenvalue weighted by Gasteiger charge is -2.44. The number of alkyl halides is 1. The Morgan fingerprint density at radius 2 is 1.87 bits per heavy atom. The molecule has 23 heavy (non-hydrogen) atoms. The van der Waals surface area contributed by atoms with Crippen LogP contribution in [0.25, 0.3) is 0 Å². The van der Waals surface area contributed by atoms with Crippen LogP contribution in [0.3, 0.4) is 0 Å². The highest BCUT2D eigenvalue weighted by atomic mass is 19.1. The molecule has 0 bridgehead atoms. The van der Waals surface area contributed by atoms with Crippen molar-refractivity contribution in [2.75, 3.05) is 13.1 Å². The van der Waals surface area contributed by atoms with Crippen molar-refractivity contribution in [2.24, 2.45) is 5.41 Å². The van der Waals surface area contributed by atoms with Crippen molar-refractivity contribution in [3.63, 3.8) is 0 Å². The SMILES string of the molecule is CCCN(CC)C(C1=CCC(C)(F)C=C1)C1(C)C=CC(F)=CC1. The summed E-state index contributed by atoms with van der Waals surface area (Å²) in [7, 11) is 0. The van der Waals surface area contributed by atoms with Gasteiger partial charge in [-0.15, -0.1) is 0 Å². The monoisotopic (exact) mass is 321 g/mol. The molecular formula is C20H29F2N. The molecule has 3 atom stereocenters. The largest absolute Gasteiger partial charge is 0.296 e. The Morgan fingerprint density at radius 3 is 2.35 bits per heavy atom. The van der Waals surface area contributed by atoms with E-state index in [1.165, 1.54) is 0 Å². The first-order valence-corrected chi connectivity index (χ1v) is 8.68. The van der Waals surface area contributed by atoms with Gasteiger partial charge in [0.1, 0.15) is 11.5 Å². The molecule has 0 spiro atoms. The smallest absolute Gasteiger partial charge is 0.130 e. The van der Waals surface area contributed by atoms with Gasteiger partial charge in [-0.2, -0.15) is 0 Å². The van der Waals surface area contributed by atoms with Gasteiger partial charge in [0, 0.05) is 17.9 Å². The highest BCUT2D eigenvalue weighted by Gasteiger charge is 2.39. The van der Waals surface area contributed by atoms with E-state index in [0.717, 1.165) is 25.1 Å². The third kappa shape index (κ3) is 4.20. The first-order chi connectivity index (χ1) is 10.8. The quantitative estimate of drug-likeness (QED) is 0.622. The number of hydrogen-bond acceptors (Lipinski definition) is 1. The fraction of sp³-hybridized carbons (Fsp3) is 0.600. The molecule has 0 aliphatic heterocycles. The predicted octanol–water partition coefficient (Wildman–Crippen LogP) is 5.52. The van der Waals surface area contributed by atoms with E-state index in [0.29, 0.717) is 12.8 Å². The second-order valence-corrected chi connectivity index (χ2v) is 7.18. The molecule has 0 saturated carbocycles. The van der Waals surface area contributed by atoms with Gasteiger partial charge < -0.3 is 0 Å². The van der Waals surface area contributed by atoms with Gasteiger partial charge in [-0.25, -0.2) is 8.78 Å². The molecule has 0 fully saturated rings. The highest BCUT2D eigenvalue weighted by molar-refractivity contribution is 5.37. The minimum absolute atomic E-state index is 0.139. The molecule has 0 N–H and O–H groups in total. The van der Waals surface area contributed by atoms with E-state index in [2.05, 4.69) is 25.7 Å². The summed E-state index contributed by atoms with van der Waals surface area (Å²) in [6.45, 7) is 10.0. The van der Waals surface area contributed by atoms with Crippen LogP contribution in [0.2, 0.25) is 0 Å². The van der Waals surface area contributed by atoms with Crippen LogP contribution in [0.1, 0.15) is 47.0 Å². The van der Waals surface area contributed by atoms with Crippen LogP contribution in [-0.4, -0.2) is 29.7 Å². The molecule has 0 heterocycles. The minimum atomic E-state index is -1.26. The number of hydrogen-bond donors (Lipinski definition) is 0. The molecule has 0 amide bonds. The van der Waals surface area contributed by atoms with Crippen molar-refractivity contribution in [1.82, 2.24) is 4.90 Å². The summed E-state index contributed by atoms with van der Waals surface area (Å²) in [5.74, 6) is -0.163. The average molecular weight is 321 g/mol. The zero-order chi connectivity index (χ0) is 17.1. The Morgan fingerprint density at radius 1 is 1.13 bits per heavy atom. The molecule has 0 aromatic heterocycles. The van der Waals surface area contributed by atoms with Gasteiger partial charge in [0.05, 0.1) is 0 Å². The second kappa shape index (κ2) is 7.12. The summed E-state index contributed by atoms with van der Waals surface area (Å²) in [6, 6.07) is 0.139. The van der Waals surface area contributed by atoms with Crippen LogP contribution in [0.15, 0.2) is 47.9 Å². The zero-order valence-electron chi connectivity index (χ0n) is 14.8. The highest BCUT2D eigenvalue weighted by Crippen LogP contribution is 2.41. The molecule has 3 unspecified atom stereocenters. The van der Waals surface area contributed by atoms with Crippen molar-refractivity contribution in [2.45, 2.75) is 58.7 Å². The molecule has 2 rings (SSSR count). The fourth-order valence-electron chi connectivity index (χ4n) is 3.62. The van der Waals surface area contributed by atoms with Crippen LogP contribution in [-0.2, 0) is 0 Å². The molecule has 1 nitrogen and oxygen atoms in total. The summed E-state index contributed by atoms with van der Waals surface area (Å²) < 4.78 is 27.6. The van der Waals surface area contributed by atoms with Gasteiger partial charge in [0.2, 0.25) is 0 Å². The summed E-state index contributed by atoms with van der Waals surface area (Å²) in [5, 5.41) is 0. The molecular weight excluding hydrogens is 292 g/mol. The van der Waals surface area contributed by atoms with E-state index in [4.69, 9.17) is 0 Å². The number of halogens is 2. The minimum Gasteiger partial charge on any atom is -0.296 e. The number of allylic oxidation sites excluding steroid dienone is 5. The first-order valence-electron chi connectivity index (χ1n) is 8.68. The number of likely N-dealkylation sites (N-methyl/N-ethyl adjacent to an activating group) is 1. The molecule has 2 aliphatic carbocycles. The fourth-order valence-corrected chi connectivity index (χ4v) is 3.62. The maximum absolute atomic E-state index is 14.1. The third-order valence-electron chi connectivity index (χ3n) is 4.94. The number of rotatable bonds is 6. The van der Waals surface area contributed by atoms with Crippen molar-refractivity contribution in [1.29, 1.82) is 0 Å². The van der Waals surface area contributed by atoms with Gasteiger partial charge in [-0.3, -0.25) is 4.90 Å². The topological polar surface area (TPSA) is 3.24 Å². The van der Waals surface area contributed by atoms with Crippen LogP contribution >= 0.6 is 0 Å². The van der Waals surface area contributed by atoms with Gasteiger partial charge in [0.15, 0.2) is 0 Å². The van der Waals surface area contributed by atoms with Gasteiger partial charge >= 0.3 is 0 Å². The van der Waals surface area contributed by atoms with Gasteiger partial charge in [-0.05, 0) is 56.7 Å². The van der Waals surface area contributed by atoms with Crippen LogP contribution in [0, 0.1) is 5.41 Å². The van der Waals surface area contributed by atoms with Crippen LogP contribution < -0.4 is 0 Å². The Hall–Kier alpha value is -1.22. The Bertz CT molecular complexity index is 542. The van der Waals surface area contributed by atoms with E-state index in [9.17, 15) is 8.78 Å².